The van der Waals surface area contributed by atoms with Gasteiger partial charge in [0.1, 0.15) is 11.2 Å². The average Bonchev–Trinajstić information content (AvgIpc) is 3.65. The number of anilines is 1. The number of aromatic nitrogens is 4. The minimum atomic E-state index is -4.43. The lowest BCUT2D eigenvalue weighted by molar-refractivity contribution is -0.137. The average molecular weight is 581 g/mol. The second kappa shape index (κ2) is 11.1. The second-order valence-corrected chi connectivity index (χ2v) is 11.2. The standard InChI is InChI=1S/C28H27F3N8OS/c29-28(30,31)21-5-6-25-23(15-21)34-35-39(25)22-7-9-37(10-8-22)26(40)24-18-41-27(33-24)38-13-11-36(12-14-38)17-20-3-1-19(16-32)2-4-20/h1-6,15,18,22H,7-14,17H2. The van der Waals surface area contributed by atoms with Crippen molar-refractivity contribution in [3.05, 3.63) is 70.2 Å². The van der Waals surface area contributed by atoms with Gasteiger partial charge in [0.05, 0.1) is 28.8 Å². The number of carbonyl (C=O) groups excluding carboxylic acids is 1. The van der Waals surface area contributed by atoms with Gasteiger partial charge in [-0.25, -0.2) is 9.67 Å². The van der Waals surface area contributed by atoms with Crippen molar-refractivity contribution in [2.24, 2.45) is 0 Å². The SMILES string of the molecule is N#Cc1ccc(CN2CCN(c3nc(C(=O)N4CCC(n5nnc6cc(C(F)(F)F)ccc65)CC4)cs3)CC2)cc1. The van der Waals surface area contributed by atoms with Crippen molar-refractivity contribution >= 4 is 33.4 Å². The third kappa shape index (κ3) is 5.75. The molecular formula is C28H27F3N8OS. The van der Waals surface area contributed by atoms with E-state index < -0.39 is 11.7 Å². The van der Waals surface area contributed by atoms with Crippen molar-refractivity contribution in [1.82, 2.24) is 29.8 Å². The summed E-state index contributed by atoms with van der Waals surface area (Å²) in [5.41, 5.74) is 2.30. The van der Waals surface area contributed by atoms with Crippen molar-refractivity contribution in [3.63, 3.8) is 0 Å². The topological polar surface area (TPSA) is 94.2 Å². The number of fused-ring (bicyclic) bond motifs is 1. The molecule has 0 aliphatic carbocycles. The molecule has 2 aromatic heterocycles. The van der Waals surface area contributed by atoms with Gasteiger partial charge in [-0.3, -0.25) is 9.69 Å². The van der Waals surface area contributed by atoms with E-state index in [-0.39, 0.29) is 17.5 Å². The van der Waals surface area contributed by atoms with Crippen LogP contribution >= 0.6 is 11.3 Å². The first-order valence-electron chi connectivity index (χ1n) is 13.4. The van der Waals surface area contributed by atoms with E-state index in [2.05, 4.69) is 31.2 Å². The molecule has 2 fully saturated rings. The first kappa shape index (κ1) is 27.2. The Hall–Kier alpha value is -4.02. The summed E-state index contributed by atoms with van der Waals surface area (Å²) < 4.78 is 40.8. The van der Waals surface area contributed by atoms with Gasteiger partial charge in [-0.15, -0.1) is 16.4 Å². The van der Waals surface area contributed by atoms with Crippen molar-refractivity contribution < 1.29 is 18.0 Å². The number of amides is 1. The van der Waals surface area contributed by atoms with Gasteiger partial charge in [-0.05, 0) is 48.7 Å². The Morgan fingerprint density at radius 3 is 2.44 bits per heavy atom. The fourth-order valence-corrected chi connectivity index (χ4v) is 6.26. The number of thiazole rings is 1. The Kier molecular flexibility index (Phi) is 7.35. The van der Waals surface area contributed by atoms with E-state index in [1.54, 1.807) is 9.58 Å². The molecular weight excluding hydrogens is 553 g/mol. The van der Waals surface area contributed by atoms with Crippen LogP contribution in [0.4, 0.5) is 18.3 Å². The lowest BCUT2D eigenvalue weighted by Crippen LogP contribution is -2.46. The Morgan fingerprint density at radius 1 is 1.02 bits per heavy atom. The lowest BCUT2D eigenvalue weighted by Gasteiger charge is -2.34. The van der Waals surface area contributed by atoms with E-state index in [4.69, 9.17) is 5.26 Å². The van der Waals surface area contributed by atoms with E-state index >= 15 is 0 Å². The molecule has 0 bridgehead atoms. The Bertz CT molecular complexity index is 1580. The minimum absolute atomic E-state index is 0.0487. The molecule has 0 unspecified atom stereocenters. The van der Waals surface area contributed by atoms with Crippen LogP contribution in [0.3, 0.4) is 0 Å². The van der Waals surface area contributed by atoms with Crippen LogP contribution in [-0.4, -0.2) is 75.0 Å². The van der Waals surface area contributed by atoms with Gasteiger partial charge in [0.25, 0.3) is 5.91 Å². The van der Waals surface area contributed by atoms with Gasteiger partial charge in [0.2, 0.25) is 0 Å². The van der Waals surface area contributed by atoms with Gasteiger partial charge in [-0.2, -0.15) is 18.4 Å². The fraction of sp³-hybridized carbons (Fsp3) is 0.393. The molecule has 41 heavy (non-hydrogen) atoms. The number of nitriles is 1. The summed E-state index contributed by atoms with van der Waals surface area (Å²) >= 11 is 1.48. The minimum Gasteiger partial charge on any atom is -0.346 e. The molecule has 0 radical (unpaired) electrons. The number of nitrogens with zero attached hydrogens (tertiary/aromatic N) is 8. The zero-order valence-electron chi connectivity index (χ0n) is 22.1. The predicted octanol–water partition coefficient (Wildman–Crippen LogP) is 4.58. The number of rotatable bonds is 5. The van der Waals surface area contributed by atoms with E-state index in [1.165, 1.54) is 23.0 Å². The lowest BCUT2D eigenvalue weighted by atomic mass is 10.0. The molecule has 0 atom stereocenters. The molecule has 4 aromatic rings. The van der Waals surface area contributed by atoms with Gasteiger partial charge >= 0.3 is 6.18 Å². The highest BCUT2D eigenvalue weighted by Gasteiger charge is 2.32. The fourth-order valence-electron chi connectivity index (χ4n) is 5.41. The molecule has 2 aliphatic heterocycles. The van der Waals surface area contributed by atoms with Gasteiger partial charge < -0.3 is 9.80 Å². The summed E-state index contributed by atoms with van der Waals surface area (Å²) in [6, 6.07) is 13.3. The highest BCUT2D eigenvalue weighted by atomic mass is 32.1. The largest absolute Gasteiger partial charge is 0.416 e. The van der Waals surface area contributed by atoms with Gasteiger partial charge in [-0.1, -0.05) is 17.3 Å². The smallest absolute Gasteiger partial charge is 0.346 e. The second-order valence-electron chi connectivity index (χ2n) is 10.3. The summed E-state index contributed by atoms with van der Waals surface area (Å²) in [6.45, 7) is 5.24. The first-order chi connectivity index (χ1) is 19.8. The Balaban J connectivity index is 1.02. The molecule has 1 amide bonds. The van der Waals surface area contributed by atoms with E-state index in [0.29, 0.717) is 42.7 Å². The molecule has 13 heteroatoms. The zero-order chi connectivity index (χ0) is 28.6. The third-order valence-corrected chi connectivity index (χ3v) is 8.64. The van der Waals surface area contributed by atoms with Crippen molar-refractivity contribution in [2.75, 3.05) is 44.2 Å². The number of piperidine rings is 1. The van der Waals surface area contributed by atoms with Crippen LogP contribution in [0.25, 0.3) is 11.0 Å². The maximum atomic E-state index is 13.2. The molecule has 0 saturated carbocycles. The monoisotopic (exact) mass is 580 g/mol. The van der Waals surface area contributed by atoms with Crippen LogP contribution in [0.15, 0.2) is 47.8 Å². The number of piperazine rings is 1. The summed E-state index contributed by atoms with van der Waals surface area (Å²) in [5.74, 6) is -0.108. The molecule has 212 valence electrons. The summed E-state index contributed by atoms with van der Waals surface area (Å²) in [6.07, 6.45) is -3.17. The molecule has 6 rings (SSSR count). The molecule has 2 aliphatic rings. The predicted molar refractivity (Wildman–Crippen MR) is 147 cm³/mol. The van der Waals surface area contributed by atoms with Crippen molar-refractivity contribution in [3.8, 4) is 6.07 Å². The number of hydrogen-bond acceptors (Lipinski definition) is 8. The summed E-state index contributed by atoms with van der Waals surface area (Å²) in [7, 11) is 0. The molecule has 2 saturated heterocycles. The Labute approximate surface area is 238 Å². The van der Waals surface area contributed by atoms with Gasteiger partial charge in [0, 0.05) is 51.2 Å². The van der Waals surface area contributed by atoms with Crippen LogP contribution < -0.4 is 4.90 Å². The van der Waals surface area contributed by atoms with Crippen LogP contribution in [0, 0.1) is 11.3 Å². The van der Waals surface area contributed by atoms with Crippen molar-refractivity contribution in [2.45, 2.75) is 31.6 Å². The maximum absolute atomic E-state index is 13.2. The van der Waals surface area contributed by atoms with E-state index in [0.717, 1.165) is 50.0 Å². The van der Waals surface area contributed by atoms with E-state index in [1.807, 2.05) is 29.6 Å². The number of benzene rings is 2. The number of carbonyl (C=O) groups is 1. The van der Waals surface area contributed by atoms with Crippen LogP contribution in [0.2, 0.25) is 0 Å². The molecule has 4 heterocycles. The van der Waals surface area contributed by atoms with Crippen LogP contribution in [0.5, 0.6) is 0 Å². The maximum Gasteiger partial charge on any atom is 0.416 e. The number of halogens is 3. The van der Waals surface area contributed by atoms with Gasteiger partial charge in [0.15, 0.2) is 5.13 Å². The number of alkyl halides is 3. The molecule has 9 nitrogen and oxygen atoms in total. The first-order valence-corrected chi connectivity index (χ1v) is 14.3. The van der Waals surface area contributed by atoms with Crippen LogP contribution in [-0.2, 0) is 12.7 Å². The van der Waals surface area contributed by atoms with Crippen molar-refractivity contribution in [1.29, 1.82) is 5.26 Å². The quantitative estimate of drug-likeness (QED) is 0.341. The number of likely N-dealkylation sites (tertiary alicyclic amines) is 1. The summed E-state index contributed by atoms with van der Waals surface area (Å²) in [4.78, 5) is 24.2. The molecule has 0 N–H and O–H groups in total. The molecule has 0 spiro atoms. The normalized spacial score (nSPS) is 17.2. The zero-order valence-corrected chi connectivity index (χ0v) is 22.9. The molecule has 2 aromatic carbocycles. The Morgan fingerprint density at radius 2 is 1.76 bits per heavy atom. The summed E-state index contributed by atoms with van der Waals surface area (Å²) in [5, 5.41) is 19.7. The highest BCUT2D eigenvalue weighted by Crippen LogP contribution is 2.33. The number of hydrogen-bond donors (Lipinski definition) is 0. The highest BCUT2D eigenvalue weighted by molar-refractivity contribution is 7.13. The van der Waals surface area contributed by atoms with Crippen LogP contribution in [0.1, 0.15) is 46.1 Å². The third-order valence-electron chi connectivity index (χ3n) is 7.74. The van der Waals surface area contributed by atoms with E-state index in [9.17, 15) is 18.0 Å².